The average molecular weight is 357 g/mol. The van der Waals surface area contributed by atoms with Crippen LogP contribution in [-0.4, -0.2) is 29.2 Å². The second kappa shape index (κ2) is 9.08. The van der Waals surface area contributed by atoms with Gasteiger partial charge in [0, 0.05) is 7.05 Å². The number of hydrogen-bond acceptors (Lipinski definition) is 5. The lowest BCUT2D eigenvalue weighted by atomic mass is 10.1. The summed E-state index contributed by atoms with van der Waals surface area (Å²) in [6.45, 7) is 8.84. The van der Waals surface area contributed by atoms with E-state index < -0.39 is 0 Å². The van der Waals surface area contributed by atoms with Crippen molar-refractivity contribution in [2.24, 2.45) is 12.2 Å². The Morgan fingerprint density at radius 1 is 1.19 bits per heavy atom. The first-order valence-corrected chi connectivity index (χ1v) is 8.55. The summed E-state index contributed by atoms with van der Waals surface area (Å²) in [4.78, 5) is 4.83. The summed E-state index contributed by atoms with van der Waals surface area (Å²) in [5.41, 5.74) is 4.57. The van der Waals surface area contributed by atoms with Gasteiger partial charge in [-0.05, 0) is 57.0 Å². The highest BCUT2D eigenvalue weighted by atomic mass is 16.6. The molecule has 26 heavy (non-hydrogen) atoms. The van der Waals surface area contributed by atoms with Crippen molar-refractivity contribution in [3.05, 3.63) is 52.9 Å². The maximum atomic E-state index is 6.03. The summed E-state index contributed by atoms with van der Waals surface area (Å²) in [6, 6.07) is 5.94. The maximum absolute atomic E-state index is 6.03. The van der Waals surface area contributed by atoms with Crippen LogP contribution < -0.4 is 9.47 Å². The summed E-state index contributed by atoms with van der Waals surface area (Å²) >= 11 is 0. The summed E-state index contributed by atoms with van der Waals surface area (Å²) in [6.07, 6.45) is 3.94. The molecule has 0 radical (unpaired) electrons. The highest BCUT2D eigenvalue weighted by Gasteiger charge is 2.12. The molecule has 0 fully saturated rings. The van der Waals surface area contributed by atoms with Crippen LogP contribution in [0.2, 0.25) is 0 Å². The van der Waals surface area contributed by atoms with Crippen molar-refractivity contribution >= 4 is 5.71 Å². The molecule has 0 saturated carbocycles. The quantitative estimate of drug-likeness (QED) is 0.408. The van der Waals surface area contributed by atoms with Gasteiger partial charge < -0.3 is 14.3 Å². The smallest absolute Gasteiger partial charge is 0.132 e. The van der Waals surface area contributed by atoms with E-state index >= 15 is 0 Å². The number of oxime groups is 1. The maximum Gasteiger partial charge on any atom is 0.132 e. The highest BCUT2D eigenvalue weighted by molar-refractivity contribution is 5.96. The molecule has 0 atom stereocenters. The Labute approximate surface area is 155 Å². The Kier molecular flexibility index (Phi) is 6.83. The fourth-order valence-electron chi connectivity index (χ4n) is 2.73. The lowest BCUT2D eigenvalue weighted by molar-refractivity contribution is 0.213. The van der Waals surface area contributed by atoms with E-state index in [0.29, 0.717) is 13.2 Å². The molecular formula is C20H27N3O3. The van der Waals surface area contributed by atoms with E-state index in [-0.39, 0.29) is 0 Å². The Bertz CT molecular complexity index is 784. The third-order valence-electron chi connectivity index (χ3n) is 3.91. The molecule has 0 saturated heterocycles. The van der Waals surface area contributed by atoms with Gasteiger partial charge in [0.1, 0.15) is 43.2 Å². The summed E-state index contributed by atoms with van der Waals surface area (Å²) in [5.74, 6) is 1.70. The zero-order valence-electron chi connectivity index (χ0n) is 16.4. The van der Waals surface area contributed by atoms with Crippen LogP contribution >= 0.6 is 0 Å². The van der Waals surface area contributed by atoms with Crippen molar-refractivity contribution in [2.75, 3.05) is 13.7 Å². The Morgan fingerprint density at radius 3 is 2.50 bits per heavy atom. The second-order valence-corrected chi connectivity index (χ2v) is 6.06. The third kappa shape index (κ3) is 4.88. The van der Waals surface area contributed by atoms with Gasteiger partial charge in [-0.2, -0.15) is 5.10 Å². The van der Waals surface area contributed by atoms with Gasteiger partial charge in [-0.1, -0.05) is 17.3 Å². The van der Waals surface area contributed by atoms with Crippen LogP contribution in [0, 0.1) is 13.8 Å². The van der Waals surface area contributed by atoms with Gasteiger partial charge in [-0.25, -0.2) is 0 Å². The van der Waals surface area contributed by atoms with Gasteiger partial charge in [0.25, 0.3) is 0 Å². The van der Waals surface area contributed by atoms with E-state index in [1.54, 1.807) is 4.68 Å². The molecule has 0 spiro atoms. The highest BCUT2D eigenvalue weighted by Crippen LogP contribution is 2.29. The number of allylic oxidation sites excluding steroid dienone is 1. The van der Waals surface area contributed by atoms with Gasteiger partial charge in [-0.3, -0.25) is 4.68 Å². The van der Waals surface area contributed by atoms with Gasteiger partial charge >= 0.3 is 0 Å². The molecule has 0 aliphatic rings. The van der Waals surface area contributed by atoms with Crippen molar-refractivity contribution in [1.82, 2.24) is 9.78 Å². The molecule has 1 aromatic heterocycles. The van der Waals surface area contributed by atoms with Crippen molar-refractivity contribution in [3.63, 3.8) is 0 Å². The van der Waals surface area contributed by atoms with Gasteiger partial charge in [0.15, 0.2) is 0 Å². The predicted molar refractivity (Wildman–Crippen MR) is 103 cm³/mol. The van der Waals surface area contributed by atoms with Gasteiger partial charge in [0.2, 0.25) is 0 Å². The van der Waals surface area contributed by atoms with Crippen LogP contribution in [-0.2, 0) is 18.5 Å². The molecule has 6 nitrogen and oxygen atoms in total. The minimum Gasteiger partial charge on any atom is -0.490 e. The van der Waals surface area contributed by atoms with E-state index in [0.717, 1.165) is 39.7 Å². The number of aryl methyl sites for hydroxylation is 3. The number of ether oxygens (including phenoxy) is 2. The minimum absolute atomic E-state index is 0.383. The van der Waals surface area contributed by atoms with Crippen LogP contribution in [0.25, 0.3) is 0 Å². The molecule has 0 N–H and O–H groups in total. The zero-order chi connectivity index (χ0) is 19.1. The molecule has 140 valence electrons. The first kappa shape index (κ1) is 19.6. The average Bonchev–Trinajstić information content (AvgIpc) is 2.95. The monoisotopic (exact) mass is 357 g/mol. The van der Waals surface area contributed by atoms with Crippen molar-refractivity contribution < 1.29 is 14.3 Å². The first-order chi connectivity index (χ1) is 12.5. The number of rotatable bonds is 8. The van der Waals surface area contributed by atoms with Crippen molar-refractivity contribution in [3.8, 4) is 11.5 Å². The molecule has 6 heteroatoms. The fourth-order valence-corrected chi connectivity index (χ4v) is 2.73. The third-order valence-corrected chi connectivity index (χ3v) is 3.91. The molecule has 2 rings (SSSR count). The van der Waals surface area contributed by atoms with Crippen molar-refractivity contribution in [1.29, 1.82) is 0 Å². The van der Waals surface area contributed by atoms with E-state index in [4.69, 9.17) is 14.3 Å². The number of aromatic nitrogens is 2. The topological polar surface area (TPSA) is 57.9 Å². The molecule has 0 bridgehead atoms. The first-order valence-electron chi connectivity index (χ1n) is 8.55. The number of nitrogens with zero attached hydrogens (tertiary/aromatic N) is 3. The Balaban J connectivity index is 2.10. The molecule has 0 unspecified atom stereocenters. The largest absolute Gasteiger partial charge is 0.490 e. The van der Waals surface area contributed by atoms with E-state index in [1.807, 2.05) is 65.1 Å². The van der Waals surface area contributed by atoms with Crippen LogP contribution in [0.1, 0.15) is 36.4 Å². The Morgan fingerprint density at radius 2 is 1.88 bits per heavy atom. The van der Waals surface area contributed by atoms with Crippen LogP contribution in [0.4, 0.5) is 0 Å². The van der Waals surface area contributed by atoms with Crippen LogP contribution in [0.5, 0.6) is 11.5 Å². The fraction of sp³-hybridized carbons (Fsp3) is 0.400. The lowest BCUT2D eigenvalue weighted by Gasteiger charge is -2.13. The SMILES string of the molecule is C/C=C/COc1cc(C)c(OCc2cc(/C(C)=N/OC)n(C)n2)c(C)c1. The molecular weight excluding hydrogens is 330 g/mol. The van der Waals surface area contributed by atoms with Crippen molar-refractivity contribution in [2.45, 2.75) is 34.3 Å². The molecule has 0 aliphatic heterocycles. The van der Waals surface area contributed by atoms with Crippen LogP contribution in [0.15, 0.2) is 35.5 Å². The Hall–Kier alpha value is -2.76. The van der Waals surface area contributed by atoms with E-state index in [9.17, 15) is 0 Å². The molecule has 1 heterocycles. The molecule has 0 amide bonds. The standard InChI is InChI=1S/C20H27N3O3/c1-7-8-9-25-18-10-14(2)20(15(3)11-18)26-13-17-12-19(23(5)21-17)16(4)22-24-6/h7-8,10-12H,9,13H2,1-6H3/b8-7+,22-16+. The van der Waals surface area contributed by atoms with Gasteiger partial charge in [-0.15, -0.1) is 0 Å². The summed E-state index contributed by atoms with van der Waals surface area (Å²) in [5, 5.41) is 8.43. The van der Waals surface area contributed by atoms with Gasteiger partial charge in [0.05, 0.1) is 5.69 Å². The number of benzene rings is 1. The zero-order valence-corrected chi connectivity index (χ0v) is 16.4. The molecule has 1 aromatic carbocycles. The predicted octanol–water partition coefficient (Wildman–Crippen LogP) is 3.94. The van der Waals surface area contributed by atoms with Crippen LogP contribution in [0.3, 0.4) is 0 Å². The van der Waals surface area contributed by atoms with E-state index in [1.165, 1.54) is 7.11 Å². The van der Waals surface area contributed by atoms with E-state index in [2.05, 4.69) is 10.3 Å². The minimum atomic E-state index is 0.383. The lowest BCUT2D eigenvalue weighted by Crippen LogP contribution is -2.04. The number of hydrogen-bond donors (Lipinski definition) is 0. The normalized spacial score (nSPS) is 11.8. The summed E-state index contributed by atoms with van der Waals surface area (Å²) < 4.78 is 13.5. The molecule has 2 aromatic rings. The summed E-state index contributed by atoms with van der Waals surface area (Å²) in [7, 11) is 3.41. The second-order valence-electron chi connectivity index (χ2n) is 6.06. The molecule has 0 aliphatic carbocycles.